The zero-order valence-corrected chi connectivity index (χ0v) is 16.1. The van der Waals surface area contributed by atoms with Crippen molar-refractivity contribution in [2.45, 2.75) is 10.9 Å². The molecule has 0 fully saturated rings. The van der Waals surface area contributed by atoms with Gasteiger partial charge in [-0.2, -0.15) is 0 Å². The van der Waals surface area contributed by atoms with Gasteiger partial charge < -0.3 is 9.88 Å². The second-order valence-corrected chi connectivity index (χ2v) is 7.97. The molecule has 0 spiro atoms. The third-order valence-corrected chi connectivity index (χ3v) is 5.72. The number of amides is 1. The second-order valence-electron chi connectivity index (χ2n) is 6.09. The Kier molecular flexibility index (Phi) is 5.57. The van der Waals surface area contributed by atoms with Crippen LogP contribution in [0.2, 0.25) is 0 Å². The molecule has 1 amide bonds. The predicted molar refractivity (Wildman–Crippen MR) is 102 cm³/mol. The molecule has 0 unspecified atom stereocenters. The van der Waals surface area contributed by atoms with Crippen molar-refractivity contribution in [3.05, 3.63) is 83.7 Å². The molecule has 7 nitrogen and oxygen atoms in total. The third-order valence-electron chi connectivity index (χ3n) is 4.29. The number of sulfonamides is 1. The zero-order chi connectivity index (χ0) is 20.3. The lowest BCUT2D eigenvalue weighted by molar-refractivity contribution is 0.0941. The van der Waals surface area contributed by atoms with Crippen LogP contribution in [0.3, 0.4) is 0 Å². The summed E-state index contributed by atoms with van der Waals surface area (Å²) in [7, 11) is -0.473. The lowest BCUT2D eigenvalue weighted by Gasteiger charge is -2.19. The molecule has 28 heavy (non-hydrogen) atoms. The van der Waals surface area contributed by atoms with Gasteiger partial charge in [-0.1, -0.05) is 12.1 Å². The van der Waals surface area contributed by atoms with Gasteiger partial charge in [0, 0.05) is 25.0 Å². The lowest BCUT2D eigenvalue weighted by atomic mass is 10.1. The fourth-order valence-corrected chi connectivity index (χ4v) is 3.46. The highest BCUT2D eigenvalue weighted by molar-refractivity contribution is 7.89. The Balaban J connectivity index is 1.89. The first-order chi connectivity index (χ1) is 13.3. The first kappa shape index (κ1) is 19.7. The molecular weight excluding hydrogens is 383 g/mol. The Morgan fingerprint density at radius 3 is 2.29 bits per heavy atom. The van der Waals surface area contributed by atoms with Crippen LogP contribution in [0.25, 0.3) is 0 Å². The molecule has 0 bridgehead atoms. The number of benzene rings is 2. The molecule has 146 valence electrons. The largest absolute Gasteiger partial charge is 0.338 e. The summed E-state index contributed by atoms with van der Waals surface area (Å²) < 4.78 is 40.9. The van der Waals surface area contributed by atoms with Crippen molar-refractivity contribution in [3.8, 4) is 0 Å². The van der Waals surface area contributed by atoms with Crippen LogP contribution in [-0.4, -0.2) is 30.9 Å². The van der Waals surface area contributed by atoms with E-state index in [0.29, 0.717) is 11.4 Å². The van der Waals surface area contributed by atoms with E-state index in [-0.39, 0.29) is 16.3 Å². The van der Waals surface area contributed by atoms with E-state index < -0.39 is 22.0 Å². The minimum atomic E-state index is -3.58. The number of hydrogen-bond acceptors (Lipinski definition) is 4. The van der Waals surface area contributed by atoms with Gasteiger partial charge in [0.25, 0.3) is 5.91 Å². The van der Waals surface area contributed by atoms with Gasteiger partial charge in [-0.15, -0.1) is 0 Å². The van der Waals surface area contributed by atoms with Crippen LogP contribution in [0.4, 0.5) is 4.39 Å². The average Bonchev–Trinajstić information content (AvgIpc) is 3.12. The van der Waals surface area contributed by atoms with Crippen molar-refractivity contribution in [3.63, 3.8) is 0 Å². The summed E-state index contributed by atoms with van der Waals surface area (Å²) in [6, 6.07) is 10.8. The van der Waals surface area contributed by atoms with Crippen molar-refractivity contribution in [2.24, 2.45) is 7.05 Å². The van der Waals surface area contributed by atoms with Gasteiger partial charge in [-0.05, 0) is 49.0 Å². The van der Waals surface area contributed by atoms with Crippen LogP contribution in [0, 0.1) is 5.82 Å². The number of aromatic nitrogens is 2. The average molecular weight is 402 g/mol. The Hall–Kier alpha value is -3.04. The fraction of sp³-hybridized carbons (Fsp3) is 0.158. The molecule has 1 atom stereocenters. The molecule has 0 aliphatic carbocycles. The van der Waals surface area contributed by atoms with E-state index >= 15 is 0 Å². The smallest absolute Gasteiger partial charge is 0.252 e. The minimum Gasteiger partial charge on any atom is -0.338 e. The number of carbonyl (C=O) groups is 1. The fourth-order valence-electron chi connectivity index (χ4n) is 2.73. The normalized spacial score (nSPS) is 12.5. The Morgan fingerprint density at radius 2 is 1.75 bits per heavy atom. The number of aryl methyl sites for hydroxylation is 1. The lowest BCUT2D eigenvalue weighted by Crippen LogP contribution is -2.31. The van der Waals surface area contributed by atoms with E-state index in [1.165, 1.54) is 43.4 Å². The summed E-state index contributed by atoms with van der Waals surface area (Å²) >= 11 is 0. The SMILES string of the molecule is CNS(=O)(=O)c1ccc(C(=O)N[C@@H](c2ccc(F)cc2)c2nccn2C)cc1. The molecule has 2 N–H and O–H groups in total. The standard InChI is InChI=1S/C19H19FN4O3S/c1-21-28(26,27)16-9-5-14(6-10-16)19(25)23-17(18-22-11-12-24(18)2)13-3-7-15(20)8-4-13/h3-12,17,21H,1-2H3,(H,23,25)/t17-/m0/s1. The molecule has 1 heterocycles. The zero-order valence-electron chi connectivity index (χ0n) is 15.3. The maximum atomic E-state index is 13.3. The molecule has 0 radical (unpaired) electrons. The third kappa shape index (κ3) is 4.10. The van der Waals surface area contributed by atoms with E-state index in [0.717, 1.165) is 0 Å². The van der Waals surface area contributed by atoms with Gasteiger partial charge in [0.15, 0.2) is 0 Å². The van der Waals surface area contributed by atoms with Crippen LogP contribution < -0.4 is 10.0 Å². The quantitative estimate of drug-likeness (QED) is 0.659. The summed E-state index contributed by atoms with van der Waals surface area (Å²) in [5, 5.41) is 2.87. The van der Waals surface area contributed by atoms with Crippen LogP contribution >= 0.6 is 0 Å². The van der Waals surface area contributed by atoms with Gasteiger partial charge >= 0.3 is 0 Å². The molecule has 0 saturated heterocycles. The predicted octanol–water partition coefficient (Wildman–Crippen LogP) is 1.99. The van der Waals surface area contributed by atoms with E-state index in [2.05, 4.69) is 15.0 Å². The highest BCUT2D eigenvalue weighted by Gasteiger charge is 2.22. The van der Waals surface area contributed by atoms with Crippen molar-refractivity contribution >= 4 is 15.9 Å². The highest BCUT2D eigenvalue weighted by Crippen LogP contribution is 2.22. The number of nitrogens with one attached hydrogen (secondary N) is 2. The second kappa shape index (κ2) is 7.91. The number of carbonyl (C=O) groups excluding carboxylic acids is 1. The number of imidazole rings is 1. The van der Waals surface area contributed by atoms with Crippen LogP contribution in [-0.2, 0) is 17.1 Å². The molecule has 3 rings (SSSR count). The van der Waals surface area contributed by atoms with Crippen molar-refractivity contribution in [2.75, 3.05) is 7.05 Å². The van der Waals surface area contributed by atoms with Crippen molar-refractivity contribution < 1.29 is 17.6 Å². The number of hydrogen-bond donors (Lipinski definition) is 2. The van der Waals surface area contributed by atoms with Crippen LogP contribution in [0.15, 0.2) is 65.8 Å². The van der Waals surface area contributed by atoms with Gasteiger partial charge in [0.05, 0.1) is 4.90 Å². The van der Waals surface area contributed by atoms with Gasteiger partial charge in [-0.25, -0.2) is 22.5 Å². The van der Waals surface area contributed by atoms with Crippen LogP contribution in [0.5, 0.6) is 0 Å². The summed E-state index contributed by atoms with van der Waals surface area (Å²) in [5.74, 6) is -0.213. The molecule has 3 aromatic rings. The van der Waals surface area contributed by atoms with E-state index in [1.807, 2.05) is 0 Å². The number of halogens is 1. The number of nitrogens with zero attached hydrogens (tertiary/aromatic N) is 2. The summed E-state index contributed by atoms with van der Waals surface area (Å²) in [4.78, 5) is 17.1. The summed E-state index contributed by atoms with van der Waals surface area (Å²) in [6.45, 7) is 0. The van der Waals surface area contributed by atoms with E-state index in [9.17, 15) is 17.6 Å². The molecular formula is C19H19FN4O3S. The molecule has 0 aliphatic heterocycles. The van der Waals surface area contributed by atoms with Gasteiger partial charge in [0.1, 0.15) is 17.7 Å². The van der Waals surface area contributed by atoms with Gasteiger partial charge in [-0.3, -0.25) is 4.79 Å². The first-order valence-electron chi connectivity index (χ1n) is 8.39. The van der Waals surface area contributed by atoms with E-state index in [1.54, 1.807) is 36.1 Å². The molecule has 1 aromatic heterocycles. The minimum absolute atomic E-state index is 0.0609. The topological polar surface area (TPSA) is 93.1 Å². The Bertz CT molecular complexity index is 1080. The summed E-state index contributed by atoms with van der Waals surface area (Å²) in [6.07, 6.45) is 3.35. The maximum absolute atomic E-state index is 13.3. The highest BCUT2D eigenvalue weighted by atomic mass is 32.2. The molecule has 2 aromatic carbocycles. The van der Waals surface area contributed by atoms with Crippen molar-refractivity contribution in [1.82, 2.24) is 19.6 Å². The van der Waals surface area contributed by atoms with Crippen molar-refractivity contribution in [1.29, 1.82) is 0 Å². The van der Waals surface area contributed by atoms with E-state index in [4.69, 9.17) is 0 Å². The molecule has 0 aliphatic rings. The van der Waals surface area contributed by atoms with Crippen LogP contribution in [0.1, 0.15) is 27.8 Å². The molecule has 0 saturated carbocycles. The first-order valence-corrected chi connectivity index (χ1v) is 9.87. The summed E-state index contributed by atoms with van der Waals surface area (Å²) in [5.41, 5.74) is 0.954. The number of rotatable bonds is 6. The maximum Gasteiger partial charge on any atom is 0.252 e. The Labute approximate surface area is 162 Å². The monoisotopic (exact) mass is 402 g/mol. The Morgan fingerprint density at radius 1 is 1.11 bits per heavy atom. The van der Waals surface area contributed by atoms with Gasteiger partial charge in [0.2, 0.25) is 10.0 Å². The molecule has 9 heteroatoms.